The predicted octanol–water partition coefficient (Wildman–Crippen LogP) is 2.40. The highest BCUT2D eigenvalue weighted by Crippen LogP contribution is 2.28. The maximum absolute atomic E-state index is 12.0. The molecule has 1 rings (SSSR count). The first-order chi connectivity index (χ1) is 7.94. The molecule has 3 heteroatoms. The summed E-state index contributed by atoms with van der Waals surface area (Å²) in [5.74, 6) is 1.06. The van der Waals surface area contributed by atoms with Crippen LogP contribution in [0.1, 0.15) is 52.4 Å². The summed E-state index contributed by atoms with van der Waals surface area (Å²) in [5.41, 5.74) is 5.77. The van der Waals surface area contributed by atoms with Crippen molar-refractivity contribution in [3.63, 3.8) is 0 Å². The number of rotatable bonds is 7. The van der Waals surface area contributed by atoms with Crippen molar-refractivity contribution in [2.24, 2.45) is 17.1 Å². The number of nitrogens with two attached hydrogens (primary N) is 1. The summed E-state index contributed by atoms with van der Waals surface area (Å²) >= 11 is 0. The van der Waals surface area contributed by atoms with Gasteiger partial charge >= 0.3 is 0 Å². The SMILES string of the molecule is CN(CC1CCC1)C(=O)CCC(C)(C)CCN. The van der Waals surface area contributed by atoms with E-state index >= 15 is 0 Å². The smallest absolute Gasteiger partial charge is 0.222 e. The number of amides is 1. The molecule has 1 saturated carbocycles. The maximum atomic E-state index is 12.0. The lowest BCUT2D eigenvalue weighted by Gasteiger charge is -2.31. The minimum atomic E-state index is 0.196. The Hall–Kier alpha value is -0.570. The molecule has 0 aromatic rings. The van der Waals surface area contributed by atoms with Gasteiger partial charge in [0.05, 0.1) is 0 Å². The van der Waals surface area contributed by atoms with Crippen molar-refractivity contribution in [1.29, 1.82) is 0 Å². The van der Waals surface area contributed by atoms with E-state index < -0.39 is 0 Å². The monoisotopic (exact) mass is 240 g/mol. The van der Waals surface area contributed by atoms with Crippen LogP contribution >= 0.6 is 0 Å². The van der Waals surface area contributed by atoms with E-state index in [9.17, 15) is 4.79 Å². The van der Waals surface area contributed by atoms with Crippen molar-refractivity contribution < 1.29 is 4.79 Å². The van der Waals surface area contributed by atoms with Crippen molar-refractivity contribution in [2.75, 3.05) is 20.1 Å². The molecule has 0 aliphatic heterocycles. The van der Waals surface area contributed by atoms with Crippen LogP contribution in [0.2, 0.25) is 0 Å². The summed E-state index contributed by atoms with van der Waals surface area (Å²) in [6.07, 6.45) is 6.55. The highest BCUT2D eigenvalue weighted by Gasteiger charge is 2.23. The molecule has 0 atom stereocenters. The Labute approximate surface area is 106 Å². The molecular formula is C14H28N2O. The van der Waals surface area contributed by atoms with Crippen LogP contribution < -0.4 is 5.73 Å². The highest BCUT2D eigenvalue weighted by molar-refractivity contribution is 5.75. The average molecular weight is 240 g/mol. The van der Waals surface area contributed by atoms with E-state index in [1.165, 1.54) is 19.3 Å². The molecule has 3 nitrogen and oxygen atoms in total. The molecule has 17 heavy (non-hydrogen) atoms. The molecule has 0 aromatic carbocycles. The Balaban J connectivity index is 2.22. The second-order valence-corrected chi connectivity index (χ2v) is 6.27. The maximum Gasteiger partial charge on any atom is 0.222 e. The van der Waals surface area contributed by atoms with Crippen LogP contribution in [0.15, 0.2) is 0 Å². The summed E-state index contributed by atoms with van der Waals surface area (Å²) in [5, 5.41) is 0. The van der Waals surface area contributed by atoms with Gasteiger partial charge in [-0.25, -0.2) is 0 Å². The van der Waals surface area contributed by atoms with E-state index in [2.05, 4.69) is 13.8 Å². The van der Waals surface area contributed by atoms with E-state index in [4.69, 9.17) is 5.73 Å². The fourth-order valence-corrected chi connectivity index (χ4v) is 2.32. The van der Waals surface area contributed by atoms with E-state index in [1.807, 2.05) is 11.9 Å². The number of carbonyl (C=O) groups excluding carboxylic acids is 1. The quantitative estimate of drug-likeness (QED) is 0.742. The number of carbonyl (C=O) groups is 1. The molecule has 0 aromatic heterocycles. The van der Waals surface area contributed by atoms with Gasteiger partial charge in [-0.15, -0.1) is 0 Å². The van der Waals surface area contributed by atoms with Gasteiger partial charge in [0.15, 0.2) is 0 Å². The predicted molar refractivity (Wildman–Crippen MR) is 71.7 cm³/mol. The van der Waals surface area contributed by atoms with E-state index in [-0.39, 0.29) is 5.41 Å². The van der Waals surface area contributed by atoms with Crippen LogP contribution in [0.3, 0.4) is 0 Å². The topological polar surface area (TPSA) is 46.3 Å². The van der Waals surface area contributed by atoms with E-state index in [0.717, 1.165) is 25.3 Å². The van der Waals surface area contributed by atoms with E-state index in [1.54, 1.807) is 0 Å². The first kappa shape index (κ1) is 14.5. The Morgan fingerprint density at radius 3 is 2.47 bits per heavy atom. The van der Waals surface area contributed by atoms with E-state index in [0.29, 0.717) is 18.9 Å². The van der Waals surface area contributed by atoms with Crippen molar-refractivity contribution in [3.05, 3.63) is 0 Å². The summed E-state index contributed by atoms with van der Waals surface area (Å²) in [7, 11) is 1.94. The standard InChI is InChI=1S/C14H28N2O/c1-14(2,9-10-15)8-7-13(17)16(3)11-12-5-4-6-12/h12H,4-11,15H2,1-3H3. The van der Waals surface area contributed by atoms with Crippen LogP contribution in [0.4, 0.5) is 0 Å². The fraction of sp³-hybridized carbons (Fsp3) is 0.929. The zero-order chi connectivity index (χ0) is 12.9. The fourth-order valence-electron chi connectivity index (χ4n) is 2.32. The van der Waals surface area contributed by atoms with Crippen LogP contribution in [0.5, 0.6) is 0 Å². The molecule has 0 bridgehead atoms. The Bertz CT molecular complexity index is 247. The molecule has 1 aliphatic rings. The lowest BCUT2D eigenvalue weighted by Crippen LogP contribution is -2.34. The third-order valence-corrected chi connectivity index (χ3v) is 4.02. The van der Waals surface area contributed by atoms with Crippen LogP contribution in [0, 0.1) is 11.3 Å². The van der Waals surface area contributed by atoms with Gasteiger partial charge in [-0.3, -0.25) is 4.79 Å². The number of hydrogen-bond acceptors (Lipinski definition) is 2. The van der Waals surface area contributed by atoms with Gasteiger partial charge in [-0.05, 0) is 43.6 Å². The summed E-state index contributed by atoms with van der Waals surface area (Å²) in [6.45, 7) is 6.05. The van der Waals surface area contributed by atoms with Gasteiger partial charge in [-0.2, -0.15) is 0 Å². The normalized spacial score (nSPS) is 16.7. The van der Waals surface area contributed by atoms with Gasteiger partial charge in [0.2, 0.25) is 5.91 Å². The molecule has 0 saturated heterocycles. The average Bonchev–Trinajstić information content (AvgIpc) is 2.19. The minimum absolute atomic E-state index is 0.196. The van der Waals surface area contributed by atoms with Crippen LogP contribution in [-0.2, 0) is 4.79 Å². The van der Waals surface area contributed by atoms with Gasteiger partial charge in [-0.1, -0.05) is 20.3 Å². The highest BCUT2D eigenvalue weighted by atomic mass is 16.2. The van der Waals surface area contributed by atoms with Gasteiger partial charge in [0.25, 0.3) is 0 Å². The molecule has 0 radical (unpaired) electrons. The zero-order valence-corrected chi connectivity index (χ0v) is 11.7. The van der Waals surface area contributed by atoms with Crippen molar-refractivity contribution in [1.82, 2.24) is 4.90 Å². The van der Waals surface area contributed by atoms with Crippen molar-refractivity contribution in [3.8, 4) is 0 Å². The molecule has 2 N–H and O–H groups in total. The Kier molecular flexibility index (Phi) is 5.44. The lowest BCUT2D eigenvalue weighted by atomic mass is 9.83. The van der Waals surface area contributed by atoms with Crippen molar-refractivity contribution >= 4 is 5.91 Å². The first-order valence-electron chi connectivity index (χ1n) is 6.88. The minimum Gasteiger partial charge on any atom is -0.345 e. The number of nitrogens with zero attached hydrogens (tertiary/aromatic N) is 1. The molecule has 0 spiro atoms. The molecular weight excluding hydrogens is 212 g/mol. The second-order valence-electron chi connectivity index (χ2n) is 6.27. The second kappa shape index (κ2) is 6.39. The molecule has 1 amide bonds. The number of hydrogen-bond donors (Lipinski definition) is 1. The summed E-state index contributed by atoms with van der Waals surface area (Å²) in [6, 6.07) is 0. The van der Waals surface area contributed by atoms with Crippen molar-refractivity contribution in [2.45, 2.75) is 52.4 Å². The molecule has 100 valence electrons. The Morgan fingerprint density at radius 2 is 2.00 bits per heavy atom. The summed E-state index contributed by atoms with van der Waals surface area (Å²) < 4.78 is 0. The Morgan fingerprint density at radius 1 is 1.35 bits per heavy atom. The molecule has 1 fully saturated rings. The molecule has 0 unspecified atom stereocenters. The largest absolute Gasteiger partial charge is 0.345 e. The van der Waals surface area contributed by atoms with Gasteiger partial charge in [0.1, 0.15) is 0 Å². The summed E-state index contributed by atoms with van der Waals surface area (Å²) in [4.78, 5) is 13.9. The van der Waals surface area contributed by atoms with Crippen LogP contribution in [0.25, 0.3) is 0 Å². The molecule has 0 heterocycles. The van der Waals surface area contributed by atoms with Gasteiger partial charge in [0, 0.05) is 20.0 Å². The van der Waals surface area contributed by atoms with Gasteiger partial charge < -0.3 is 10.6 Å². The molecule has 1 aliphatic carbocycles. The zero-order valence-electron chi connectivity index (χ0n) is 11.7. The third-order valence-electron chi connectivity index (χ3n) is 4.02. The van der Waals surface area contributed by atoms with Crippen LogP contribution in [-0.4, -0.2) is 30.9 Å². The lowest BCUT2D eigenvalue weighted by molar-refractivity contribution is -0.131. The third kappa shape index (κ3) is 5.07. The first-order valence-corrected chi connectivity index (χ1v) is 6.88.